The van der Waals surface area contributed by atoms with Gasteiger partial charge in [0.25, 0.3) is 5.89 Å². The first-order valence-electron chi connectivity index (χ1n) is 6.03. The minimum atomic E-state index is -0.378. The van der Waals surface area contributed by atoms with Crippen LogP contribution < -0.4 is 5.73 Å². The van der Waals surface area contributed by atoms with Crippen molar-refractivity contribution in [1.29, 1.82) is 0 Å². The molecule has 0 amide bonds. The number of nitrogens with zero attached hydrogens (tertiary/aromatic N) is 2. The summed E-state index contributed by atoms with van der Waals surface area (Å²) in [5.41, 5.74) is 5.74. The lowest BCUT2D eigenvalue weighted by atomic mass is 9.77. The van der Waals surface area contributed by atoms with Crippen LogP contribution in [0.4, 0.5) is 0 Å². The van der Waals surface area contributed by atoms with Gasteiger partial charge in [0, 0.05) is 6.08 Å². The highest BCUT2D eigenvalue weighted by Gasteiger charge is 2.38. The molecular weight excluding hydrogens is 230 g/mol. The summed E-state index contributed by atoms with van der Waals surface area (Å²) in [5, 5.41) is 3.93. The molecule has 2 aromatic rings. The van der Waals surface area contributed by atoms with E-state index in [4.69, 9.17) is 14.7 Å². The first-order valence-corrected chi connectivity index (χ1v) is 6.03. The molecule has 2 aromatic heterocycles. The molecule has 94 valence electrons. The molecule has 2 N–H and O–H groups in total. The highest BCUT2D eigenvalue weighted by molar-refractivity contribution is 5.63. The van der Waals surface area contributed by atoms with Gasteiger partial charge in [-0.25, -0.2) is 0 Å². The number of rotatable bonds is 3. The van der Waals surface area contributed by atoms with Gasteiger partial charge >= 0.3 is 0 Å². The molecule has 0 radical (unpaired) electrons. The Morgan fingerprint density at radius 2 is 2.17 bits per heavy atom. The molecule has 0 unspecified atom stereocenters. The summed E-state index contributed by atoms with van der Waals surface area (Å²) in [6.07, 6.45) is 6.51. The summed E-state index contributed by atoms with van der Waals surface area (Å²) in [4.78, 5) is 4.29. The van der Waals surface area contributed by atoms with Crippen molar-refractivity contribution in [3.63, 3.8) is 0 Å². The van der Waals surface area contributed by atoms with Gasteiger partial charge in [0.2, 0.25) is 0 Å². The number of furan rings is 1. The smallest absolute Gasteiger partial charge is 0.250 e. The van der Waals surface area contributed by atoms with Crippen molar-refractivity contribution in [1.82, 2.24) is 10.1 Å². The third-order valence-corrected chi connectivity index (χ3v) is 3.28. The van der Waals surface area contributed by atoms with Crippen LogP contribution in [0.3, 0.4) is 0 Å². The first kappa shape index (κ1) is 11.2. The Morgan fingerprint density at radius 3 is 2.78 bits per heavy atom. The largest absolute Gasteiger partial charge is 0.462 e. The Labute approximate surface area is 105 Å². The Morgan fingerprint density at radius 1 is 1.33 bits per heavy atom. The van der Waals surface area contributed by atoms with Crippen molar-refractivity contribution in [3.05, 3.63) is 35.4 Å². The van der Waals surface area contributed by atoms with Gasteiger partial charge in [0.05, 0.1) is 5.54 Å². The molecule has 0 atom stereocenters. The summed E-state index contributed by atoms with van der Waals surface area (Å²) in [6, 6.07) is 3.79. The Balaban J connectivity index is 1.75. The van der Waals surface area contributed by atoms with Gasteiger partial charge in [-0.2, -0.15) is 4.98 Å². The molecule has 0 spiro atoms. The fraction of sp³-hybridized carbons (Fsp3) is 0.385. The summed E-state index contributed by atoms with van der Waals surface area (Å²) in [7, 11) is 0. The van der Waals surface area contributed by atoms with Crippen LogP contribution in [0, 0.1) is 6.92 Å². The topological polar surface area (TPSA) is 78.1 Å². The molecule has 2 heterocycles. The lowest BCUT2D eigenvalue weighted by Gasteiger charge is -2.34. The minimum absolute atomic E-state index is 0.378. The van der Waals surface area contributed by atoms with E-state index in [0.717, 1.165) is 30.8 Å². The molecule has 1 aliphatic carbocycles. The van der Waals surface area contributed by atoms with Gasteiger partial charge in [-0.15, -0.1) is 0 Å². The maximum atomic E-state index is 6.12. The lowest BCUT2D eigenvalue weighted by molar-refractivity contribution is 0.229. The minimum Gasteiger partial charge on any atom is -0.462 e. The third kappa shape index (κ3) is 1.97. The van der Waals surface area contributed by atoms with E-state index >= 15 is 0 Å². The molecule has 1 aliphatic rings. The van der Waals surface area contributed by atoms with Crippen molar-refractivity contribution in [2.45, 2.75) is 31.7 Å². The number of aromatic nitrogens is 2. The maximum absolute atomic E-state index is 6.12. The van der Waals surface area contributed by atoms with E-state index in [0.29, 0.717) is 11.7 Å². The quantitative estimate of drug-likeness (QED) is 0.898. The van der Waals surface area contributed by atoms with Crippen LogP contribution in [-0.4, -0.2) is 10.1 Å². The Kier molecular flexibility index (Phi) is 2.56. The monoisotopic (exact) mass is 245 g/mol. The van der Waals surface area contributed by atoms with E-state index in [2.05, 4.69) is 10.1 Å². The molecule has 1 fully saturated rings. The molecule has 0 aromatic carbocycles. The standard InChI is InChI=1S/C13H15N3O2/c1-9-3-4-10(17-9)5-6-11-15-12(16-18-11)13(14)7-2-8-13/h3-6H,2,7-8,14H2,1H3/b6-5+. The summed E-state index contributed by atoms with van der Waals surface area (Å²) in [6.45, 7) is 1.90. The molecule has 5 nitrogen and oxygen atoms in total. The van der Waals surface area contributed by atoms with Crippen LogP contribution in [0.15, 0.2) is 21.1 Å². The highest BCUT2D eigenvalue weighted by atomic mass is 16.5. The van der Waals surface area contributed by atoms with E-state index in [1.807, 2.05) is 19.1 Å². The molecular formula is C13H15N3O2. The van der Waals surface area contributed by atoms with Crippen molar-refractivity contribution in [3.8, 4) is 0 Å². The van der Waals surface area contributed by atoms with Crippen molar-refractivity contribution < 1.29 is 8.94 Å². The predicted octanol–water partition coefficient (Wildman–Crippen LogP) is 2.48. The number of nitrogens with two attached hydrogens (primary N) is 1. The van der Waals surface area contributed by atoms with Crippen LogP contribution in [0.1, 0.15) is 42.5 Å². The third-order valence-electron chi connectivity index (χ3n) is 3.28. The summed E-state index contributed by atoms with van der Waals surface area (Å²) >= 11 is 0. The van der Waals surface area contributed by atoms with Gasteiger partial charge in [-0.1, -0.05) is 5.16 Å². The molecule has 18 heavy (non-hydrogen) atoms. The Hall–Kier alpha value is -1.88. The van der Waals surface area contributed by atoms with E-state index in [9.17, 15) is 0 Å². The van der Waals surface area contributed by atoms with Gasteiger partial charge < -0.3 is 14.7 Å². The second kappa shape index (κ2) is 4.10. The average molecular weight is 245 g/mol. The highest BCUT2D eigenvalue weighted by Crippen LogP contribution is 2.36. The second-order valence-corrected chi connectivity index (χ2v) is 4.75. The molecule has 5 heteroatoms. The van der Waals surface area contributed by atoms with Crippen LogP contribution in [0.25, 0.3) is 12.2 Å². The zero-order valence-corrected chi connectivity index (χ0v) is 10.2. The predicted molar refractivity (Wildman–Crippen MR) is 66.4 cm³/mol. The average Bonchev–Trinajstić information content (AvgIpc) is 2.92. The maximum Gasteiger partial charge on any atom is 0.250 e. The SMILES string of the molecule is Cc1ccc(/C=C/c2nc(C3(N)CCC3)no2)o1. The van der Waals surface area contributed by atoms with Gasteiger partial charge in [0.1, 0.15) is 11.5 Å². The molecule has 0 bridgehead atoms. The summed E-state index contributed by atoms with van der Waals surface area (Å²) < 4.78 is 10.6. The number of hydrogen-bond donors (Lipinski definition) is 1. The molecule has 0 saturated heterocycles. The van der Waals surface area contributed by atoms with Crippen LogP contribution in [-0.2, 0) is 5.54 Å². The van der Waals surface area contributed by atoms with Gasteiger partial charge in [0.15, 0.2) is 5.82 Å². The van der Waals surface area contributed by atoms with E-state index in [1.54, 1.807) is 12.2 Å². The first-order chi connectivity index (χ1) is 8.66. The second-order valence-electron chi connectivity index (χ2n) is 4.75. The zero-order chi connectivity index (χ0) is 12.6. The van der Waals surface area contributed by atoms with E-state index in [-0.39, 0.29) is 5.54 Å². The van der Waals surface area contributed by atoms with Crippen molar-refractivity contribution in [2.75, 3.05) is 0 Å². The van der Waals surface area contributed by atoms with E-state index < -0.39 is 0 Å². The molecule has 0 aliphatic heterocycles. The molecule has 1 saturated carbocycles. The lowest BCUT2D eigenvalue weighted by Crippen LogP contribution is -2.44. The number of aryl methyl sites for hydroxylation is 1. The fourth-order valence-corrected chi connectivity index (χ4v) is 1.98. The summed E-state index contributed by atoms with van der Waals surface area (Å²) in [5.74, 6) is 2.69. The fourth-order valence-electron chi connectivity index (χ4n) is 1.98. The van der Waals surface area contributed by atoms with Gasteiger partial charge in [-0.3, -0.25) is 0 Å². The normalized spacial score (nSPS) is 18.1. The zero-order valence-electron chi connectivity index (χ0n) is 10.2. The van der Waals surface area contributed by atoms with E-state index in [1.165, 1.54) is 0 Å². The van der Waals surface area contributed by atoms with Gasteiger partial charge in [-0.05, 0) is 44.4 Å². The van der Waals surface area contributed by atoms with Crippen molar-refractivity contribution >= 4 is 12.2 Å². The van der Waals surface area contributed by atoms with Crippen molar-refractivity contribution in [2.24, 2.45) is 5.73 Å². The van der Waals surface area contributed by atoms with Crippen LogP contribution in [0.2, 0.25) is 0 Å². The number of hydrogen-bond acceptors (Lipinski definition) is 5. The van der Waals surface area contributed by atoms with Crippen LogP contribution >= 0.6 is 0 Å². The molecule has 3 rings (SSSR count). The Bertz CT molecular complexity index is 579. The van der Waals surface area contributed by atoms with Crippen LogP contribution in [0.5, 0.6) is 0 Å².